The molecule has 0 radical (unpaired) electrons. The maximum Gasteiger partial charge on any atom is 0.337 e. The highest BCUT2D eigenvalue weighted by Gasteiger charge is 2.14. The molecule has 1 atom stereocenters. The molecule has 1 unspecified atom stereocenters. The van der Waals surface area contributed by atoms with Crippen LogP contribution in [0.15, 0.2) is 12.1 Å². The van der Waals surface area contributed by atoms with Gasteiger partial charge in [0.05, 0.1) is 16.9 Å². The van der Waals surface area contributed by atoms with Gasteiger partial charge >= 0.3 is 5.97 Å². The Kier molecular flexibility index (Phi) is 6.49. The molecule has 118 valence electrons. The van der Waals surface area contributed by atoms with E-state index in [1.54, 1.807) is 6.07 Å². The molecule has 1 rings (SSSR count). The molecule has 21 heavy (non-hydrogen) atoms. The molecule has 0 saturated heterocycles. The molecule has 0 aliphatic carbocycles. The second kappa shape index (κ2) is 7.88. The number of nitrogens with two attached hydrogens (primary N) is 2. The fourth-order valence-electron chi connectivity index (χ4n) is 2.27. The minimum atomic E-state index is -1.05. The Morgan fingerprint density at radius 3 is 2.48 bits per heavy atom. The van der Waals surface area contributed by atoms with Crippen LogP contribution >= 0.6 is 0 Å². The molecule has 0 aliphatic rings. The number of anilines is 2. The van der Waals surface area contributed by atoms with Gasteiger partial charge in [0.2, 0.25) is 0 Å². The fraction of sp³-hybridized carbons (Fsp3) is 0.562. The summed E-state index contributed by atoms with van der Waals surface area (Å²) in [5.41, 5.74) is 13.3. The first-order valence-electron chi connectivity index (χ1n) is 7.50. The number of nitrogen functional groups attached to an aromatic ring is 2. The van der Waals surface area contributed by atoms with Gasteiger partial charge in [0.1, 0.15) is 0 Å². The van der Waals surface area contributed by atoms with E-state index in [9.17, 15) is 4.79 Å². The Morgan fingerprint density at radius 2 is 1.95 bits per heavy atom. The van der Waals surface area contributed by atoms with E-state index in [2.05, 4.69) is 26.1 Å². The Labute approximate surface area is 126 Å². The van der Waals surface area contributed by atoms with Crippen molar-refractivity contribution in [2.75, 3.05) is 18.0 Å². The van der Waals surface area contributed by atoms with Crippen LogP contribution in [0, 0.1) is 5.92 Å². The molecule has 0 spiro atoms. The highest BCUT2D eigenvalue weighted by molar-refractivity contribution is 5.97. The molecular formula is C16H27N3O2. The van der Waals surface area contributed by atoms with Gasteiger partial charge in [-0.3, -0.25) is 0 Å². The summed E-state index contributed by atoms with van der Waals surface area (Å²) in [6, 6.07) is 3.74. The van der Waals surface area contributed by atoms with Gasteiger partial charge in [-0.2, -0.15) is 0 Å². The third kappa shape index (κ3) is 4.93. The topological polar surface area (TPSA) is 101 Å². The van der Waals surface area contributed by atoms with E-state index in [0.717, 1.165) is 31.4 Å². The SMILES string of the molecule is CCC(CCc1ccc(C(=O)O)c(N)c1N)NCC(C)C. The van der Waals surface area contributed by atoms with Crippen LogP contribution < -0.4 is 16.8 Å². The number of carbonyl (C=O) groups is 1. The summed E-state index contributed by atoms with van der Waals surface area (Å²) in [4.78, 5) is 11.0. The van der Waals surface area contributed by atoms with Gasteiger partial charge in [0, 0.05) is 6.04 Å². The molecular weight excluding hydrogens is 266 g/mol. The van der Waals surface area contributed by atoms with Crippen LogP contribution in [0.4, 0.5) is 11.4 Å². The number of hydrogen-bond acceptors (Lipinski definition) is 4. The minimum absolute atomic E-state index is 0.0706. The molecule has 0 fully saturated rings. The molecule has 0 aliphatic heterocycles. The third-order valence-corrected chi connectivity index (χ3v) is 3.68. The minimum Gasteiger partial charge on any atom is -0.478 e. The van der Waals surface area contributed by atoms with Crippen LogP contribution in [0.2, 0.25) is 0 Å². The van der Waals surface area contributed by atoms with E-state index in [1.165, 1.54) is 6.07 Å². The van der Waals surface area contributed by atoms with E-state index in [1.807, 2.05) is 0 Å². The summed E-state index contributed by atoms with van der Waals surface area (Å²) in [5, 5.41) is 12.6. The molecule has 0 saturated carbocycles. The van der Waals surface area contributed by atoms with Crippen molar-refractivity contribution in [3.63, 3.8) is 0 Å². The number of aryl methyl sites for hydroxylation is 1. The number of carboxylic acid groups (broad SMARTS) is 1. The lowest BCUT2D eigenvalue weighted by molar-refractivity contribution is 0.0698. The van der Waals surface area contributed by atoms with Crippen LogP contribution in [-0.2, 0) is 6.42 Å². The van der Waals surface area contributed by atoms with Crippen molar-refractivity contribution in [1.82, 2.24) is 5.32 Å². The lowest BCUT2D eigenvalue weighted by Gasteiger charge is -2.19. The van der Waals surface area contributed by atoms with Gasteiger partial charge in [-0.1, -0.05) is 26.8 Å². The summed E-state index contributed by atoms with van der Waals surface area (Å²) in [6.07, 6.45) is 2.80. The molecule has 0 aromatic heterocycles. The van der Waals surface area contributed by atoms with E-state index in [0.29, 0.717) is 17.6 Å². The predicted molar refractivity (Wildman–Crippen MR) is 87.5 cm³/mol. The summed E-state index contributed by atoms with van der Waals surface area (Å²) >= 11 is 0. The smallest absolute Gasteiger partial charge is 0.337 e. The first kappa shape index (κ1) is 17.3. The number of carboxylic acids is 1. The highest BCUT2D eigenvalue weighted by atomic mass is 16.4. The zero-order valence-electron chi connectivity index (χ0n) is 13.1. The molecule has 0 amide bonds. The molecule has 1 aromatic rings. The quantitative estimate of drug-likeness (QED) is 0.552. The summed E-state index contributed by atoms with van der Waals surface area (Å²) in [5.74, 6) is -0.426. The number of nitrogens with one attached hydrogen (secondary N) is 1. The van der Waals surface area contributed by atoms with Crippen molar-refractivity contribution in [3.05, 3.63) is 23.3 Å². The third-order valence-electron chi connectivity index (χ3n) is 3.68. The van der Waals surface area contributed by atoms with Gasteiger partial charge in [-0.15, -0.1) is 0 Å². The first-order valence-corrected chi connectivity index (χ1v) is 7.50. The number of hydrogen-bond donors (Lipinski definition) is 4. The van der Waals surface area contributed by atoms with Crippen LogP contribution in [0.5, 0.6) is 0 Å². The van der Waals surface area contributed by atoms with Crippen molar-refractivity contribution < 1.29 is 9.90 Å². The van der Waals surface area contributed by atoms with Gasteiger partial charge < -0.3 is 21.9 Å². The van der Waals surface area contributed by atoms with Gasteiger partial charge in [-0.25, -0.2) is 4.79 Å². The van der Waals surface area contributed by atoms with Crippen LogP contribution in [-0.4, -0.2) is 23.7 Å². The summed E-state index contributed by atoms with van der Waals surface area (Å²) in [6.45, 7) is 7.52. The summed E-state index contributed by atoms with van der Waals surface area (Å²) < 4.78 is 0. The second-order valence-corrected chi connectivity index (χ2v) is 5.85. The second-order valence-electron chi connectivity index (χ2n) is 5.85. The average molecular weight is 293 g/mol. The highest BCUT2D eigenvalue weighted by Crippen LogP contribution is 2.26. The lowest BCUT2D eigenvalue weighted by atomic mass is 9.99. The normalized spacial score (nSPS) is 12.6. The van der Waals surface area contributed by atoms with E-state index in [-0.39, 0.29) is 11.3 Å². The Balaban J connectivity index is 2.70. The van der Waals surface area contributed by atoms with Crippen molar-refractivity contribution in [2.45, 2.75) is 46.1 Å². The maximum atomic E-state index is 11.0. The first-order chi connectivity index (χ1) is 9.86. The van der Waals surface area contributed by atoms with Gasteiger partial charge in [-0.05, 0) is 43.4 Å². The van der Waals surface area contributed by atoms with Crippen molar-refractivity contribution in [1.29, 1.82) is 0 Å². The zero-order valence-corrected chi connectivity index (χ0v) is 13.1. The monoisotopic (exact) mass is 293 g/mol. The fourth-order valence-corrected chi connectivity index (χ4v) is 2.27. The Morgan fingerprint density at radius 1 is 1.29 bits per heavy atom. The van der Waals surface area contributed by atoms with Gasteiger partial charge in [0.25, 0.3) is 0 Å². The Bertz CT molecular complexity index is 487. The Hall–Kier alpha value is -1.75. The number of benzene rings is 1. The molecule has 5 heteroatoms. The molecule has 5 nitrogen and oxygen atoms in total. The maximum absolute atomic E-state index is 11.0. The molecule has 6 N–H and O–H groups in total. The van der Waals surface area contributed by atoms with E-state index >= 15 is 0 Å². The van der Waals surface area contributed by atoms with E-state index in [4.69, 9.17) is 16.6 Å². The predicted octanol–water partition coefficient (Wildman–Crippen LogP) is 2.51. The van der Waals surface area contributed by atoms with Crippen molar-refractivity contribution in [3.8, 4) is 0 Å². The average Bonchev–Trinajstić information content (AvgIpc) is 2.42. The number of rotatable bonds is 8. The number of aromatic carboxylic acids is 1. The van der Waals surface area contributed by atoms with Crippen LogP contribution in [0.25, 0.3) is 0 Å². The van der Waals surface area contributed by atoms with Crippen molar-refractivity contribution >= 4 is 17.3 Å². The lowest BCUT2D eigenvalue weighted by Crippen LogP contribution is -2.32. The molecule has 0 heterocycles. The molecule has 1 aromatic carbocycles. The van der Waals surface area contributed by atoms with Gasteiger partial charge in [0.15, 0.2) is 0 Å². The van der Waals surface area contributed by atoms with Crippen LogP contribution in [0.1, 0.15) is 49.5 Å². The zero-order chi connectivity index (χ0) is 16.0. The van der Waals surface area contributed by atoms with Crippen LogP contribution in [0.3, 0.4) is 0 Å². The molecule has 0 bridgehead atoms. The summed E-state index contributed by atoms with van der Waals surface area (Å²) in [7, 11) is 0. The van der Waals surface area contributed by atoms with E-state index < -0.39 is 5.97 Å². The van der Waals surface area contributed by atoms with Crippen molar-refractivity contribution in [2.24, 2.45) is 5.92 Å². The standard InChI is InChI=1S/C16H27N3O2/c1-4-12(19-9-10(2)3)7-5-11-6-8-13(16(20)21)15(18)14(11)17/h6,8,10,12,19H,4-5,7,9,17-18H2,1-3H3,(H,20,21). The largest absolute Gasteiger partial charge is 0.478 e.